The number of hydrogen-bond donors (Lipinski definition) is 1. The smallest absolute Gasteiger partial charge is 0.0334 e. The fourth-order valence-electron chi connectivity index (χ4n) is 3.14. The summed E-state index contributed by atoms with van der Waals surface area (Å²) in [4.78, 5) is 0. The molecule has 2 rings (SSSR count). The van der Waals surface area contributed by atoms with Gasteiger partial charge in [-0.15, -0.1) is 0 Å². The Balaban J connectivity index is 2.32. The van der Waals surface area contributed by atoms with Gasteiger partial charge in [0.1, 0.15) is 0 Å². The molecular weight excluding hydrogens is 206 g/mol. The minimum atomic E-state index is 0.343. The number of nitrogens with one attached hydrogen (secondary N) is 1. The van der Waals surface area contributed by atoms with Crippen LogP contribution in [0.4, 0.5) is 0 Å². The minimum absolute atomic E-state index is 0.343. The highest BCUT2D eigenvalue weighted by atomic mass is 14.8. The van der Waals surface area contributed by atoms with Crippen LogP contribution in [-0.4, -0.2) is 7.05 Å². The molecule has 0 aromatic rings. The van der Waals surface area contributed by atoms with Crippen LogP contribution >= 0.6 is 0 Å². The first-order chi connectivity index (χ1) is 8.30. The summed E-state index contributed by atoms with van der Waals surface area (Å²) < 4.78 is 0. The molecule has 0 amide bonds. The molecule has 0 aromatic carbocycles. The quantitative estimate of drug-likeness (QED) is 0.745. The van der Waals surface area contributed by atoms with Crippen molar-refractivity contribution in [2.45, 2.75) is 51.9 Å². The lowest BCUT2D eigenvalue weighted by molar-refractivity contribution is 0.352. The van der Waals surface area contributed by atoms with Crippen LogP contribution in [0.3, 0.4) is 0 Å². The molecule has 94 valence electrons. The molecule has 0 spiro atoms. The van der Waals surface area contributed by atoms with Crippen molar-refractivity contribution < 1.29 is 0 Å². The summed E-state index contributed by atoms with van der Waals surface area (Å²) in [6, 6.07) is 0. The molecule has 0 aliphatic heterocycles. The number of likely N-dealkylation sites (N-methyl/N-ethyl adjacent to an activating group) is 1. The molecule has 0 saturated heterocycles. The fraction of sp³-hybridized carbons (Fsp3) is 0.625. The first-order valence-corrected chi connectivity index (χ1v) is 7.09. The summed E-state index contributed by atoms with van der Waals surface area (Å²) in [5.74, 6) is 0. The Labute approximate surface area is 106 Å². The van der Waals surface area contributed by atoms with Crippen molar-refractivity contribution in [3.8, 4) is 0 Å². The van der Waals surface area contributed by atoms with Crippen molar-refractivity contribution in [1.82, 2.24) is 5.32 Å². The Morgan fingerprint density at radius 2 is 2.00 bits per heavy atom. The topological polar surface area (TPSA) is 12.0 Å². The van der Waals surface area contributed by atoms with Gasteiger partial charge >= 0.3 is 0 Å². The Morgan fingerprint density at radius 1 is 1.18 bits per heavy atom. The summed E-state index contributed by atoms with van der Waals surface area (Å²) in [6.07, 6.45) is 18.8. The molecule has 0 radical (unpaired) electrons. The standard InChI is InChI=1S/C16H25N/c1-3-16-12-7-5-4-6-8-14(16)9-10-15(17-2)11-13-16/h9-11,13,17H,3-8,12H2,1-2H3. The van der Waals surface area contributed by atoms with E-state index >= 15 is 0 Å². The van der Waals surface area contributed by atoms with E-state index in [1.165, 1.54) is 50.6 Å². The third-order valence-electron chi connectivity index (χ3n) is 4.42. The van der Waals surface area contributed by atoms with Crippen LogP contribution in [0.2, 0.25) is 0 Å². The van der Waals surface area contributed by atoms with Gasteiger partial charge in [0.25, 0.3) is 0 Å². The van der Waals surface area contributed by atoms with Gasteiger partial charge in [-0.1, -0.05) is 43.9 Å². The fourth-order valence-corrected chi connectivity index (χ4v) is 3.14. The second-order valence-electron chi connectivity index (χ2n) is 5.32. The molecule has 1 heteroatoms. The monoisotopic (exact) mass is 231 g/mol. The first-order valence-electron chi connectivity index (χ1n) is 7.09. The minimum Gasteiger partial charge on any atom is -0.388 e. The third kappa shape index (κ3) is 2.65. The largest absolute Gasteiger partial charge is 0.388 e. The summed E-state index contributed by atoms with van der Waals surface area (Å²) >= 11 is 0. The van der Waals surface area contributed by atoms with E-state index in [0.29, 0.717) is 5.41 Å². The molecule has 1 N–H and O–H groups in total. The highest BCUT2D eigenvalue weighted by Crippen LogP contribution is 2.43. The van der Waals surface area contributed by atoms with Gasteiger partial charge < -0.3 is 5.32 Å². The second kappa shape index (κ2) is 5.57. The van der Waals surface area contributed by atoms with E-state index in [9.17, 15) is 0 Å². The lowest BCUT2D eigenvalue weighted by Crippen LogP contribution is -2.21. The lowest BCUT2D eigenvalue weighted by Gasteiger charge is -2.34. The molecule has 2 aliphatic rings. The molecule has 0 heterocycles. The van der Waals surface area contributed by atoms with Crippen LogP contribution in [0, 0.1) is 5.41 Å². The van der Waals surface area contributed by atoms with E-state index in [0.717, 1.165) is 0 Å². The maximum absolute atomic E-state index is 3.26. The molecule has 0 aromatic heterocycles. The predicted molar refractivity (Wildman–Crippen MR) is 74.8 cm³/mol. The van der Waals surface area contributed by atoms with Crippen LogP contribution in [0.25, 0.3) is 0 Å². The van der Waals surface area contributed by atoms with Gasteiger partial charge in [0, 0.05) is 18.2 Å². The number of rotatable bonds is 2. The van der Waals surface area contributed by atoms with E-state index in [1.54, 1.807) is 5.57 Å². The average Bonchev–Trinajstić information content (AvgIpc) is 2.50. The van der Waals surface area contributed by atoms with Crippen molar-refractivity contribution in [2.75, 3.05) is 7.05 Å². The maximum atomic E-state index is 3.26. The SMILES string of the molecule is CCC12C=CC(NC)=CC=C1CCCCCC2. The van der Waals surface area contributed by atoms with Crippen molar-refractivity contribution in [1.29, 1.82) is 0 Å². The predicted octanol–water partition coefficient (Wildman–Crippen LogP) is 4.34. The average molecular weight is 231 g/mol. The van der Waals surface area contributed by atoms with E-state index in [2.05, 4.69) is 36.5 Å². The molecule has 1 saturated carbocycles. The van der Waals surface area contributed by atoms with Crippen LogP contribution < -0.4 is 5.32 Å². The number of hydrogen-bond acceptors (Lipinski definition) is 1. The van der Waals surface area contributed by atoms with E-state index in [1.807, 2.05) is 7.05 Å². The highest BCUT2D eigenvalue weighted by molar-refractivity contribution is 5.36. The Kier molecular flexibility index (Phi) is 4.09. The van der Waals surface area contributed by atoms with Crippen LogP contribution in [0.5, 0.6) is 0 Å². The number of fused-ring (bicyclic) bond motifs is 1. The zero-order valence-electron chi connectivity index (χ0n) is 11.3. The van der Waals surface area contributed by atoms with Gasteiger partial charge in [-0.2, -0.15) is 0 Å². The first kappa shape index (κ1) is 12.5. The van der Waals surface area contributed by atoms with E-state index in [4.69, 9.17) is 0 Å². The van der Waals surface area contributed by atoms with E-state index in [-0.39, 0.29) is 0 Å². The maximum Gasteiger partial charge on any atom is 0.0334 e. The van der Waals surface area contributed by atoms with Crippen LogP contribution in [0.1, 0.15) is 51.9 Å². The molecule has 2 aliphatic carbocycles. The highest BCUT2D eigenvalue weighted by Gasteiger charge is 2.30. The summed E-state index contributed by atoms with van der Waals surface area (Å²) in [5.41, 5.74) is 3.23. The lowest BCUT2D eigenvalue weighted by atomic mass is 9.70. The van der Waals surface area contributed by atoms with Gasteiger partial charge in [0.2, 0.25) is 0 Å². The summed E-state index contributed by atoms with van der Waals surface area (Å²) in [5, 5.41) is 3.26. The van der Waals surface area contributed by atoms with E-state index < -0.39 is 0 Å². The Bertz CT molecular complexity index is 349. The summed E-state index contributed by atoms with van der Waals surface area (Å²) in [6.45, 7) is 2.34. The molecule has 17 heavy (non-hydrogen) atoms. The van der Waals surface area contributed by atoms with Gasteiger partial charge in [0.15, 0.2) is 0 Å². The molecule has 0 bridgehead atoms. The molecule has 1 unspecified atom stereocenters. The van der Waals surface area contributed by atoms with Crippen molar-refractivity contribution in [2.24, 2.45) is 5.41 Å². The van der Waals surface area contributed by atoms with Gasteiger partial charge in [-0.3, -0.25) is 0 Å². The second-order valence-corrected chi connectivity index (χ2v) is 5.32. The van der Waals surface area contributed by atoms with Gasteiger partial charge in [0.05, 0.1) is 0 Å². The normalized spacial score (nSPS) is 29.3. The Morgan fingerprint density at radius 3 is 2.76 bits per heavy atom. The summed E-state index contributed by atoms with van der Waals surface area (Å²) in [7, 11) is 2.00. The van der Waals surface area contributed by atoms with Crippen molar-refractivity contribution >= 4 is 0 Å². The third-order valence-corrected chi connectivity index (χ3v) is 4.42. The number of allylic oxidation sites excluding steroid dienone is 5. The molecule has 1 nitrogen and oxygen atoms in total. The zero-order chi connectivity index (χ0) is 12.1. The molecular formula is C16H25N. The van der Waals surface area contributed by atoms with Crippen molar-refractivity contribution in [3.05, 3.63) is 35.6 Å². The molecule has 1 fully saturated rings. The molecule has 1 atom stereocenters. The Hall–Kier alpha value is -0.980. The zero-order valence-corrected chi connectivity index (χ0v) is 11.3. The van der Waals surface area contributed by atoms with Crippen LogP contribution in [0.15, 0.2) is 35.6 Å². The van der Waals surface area contributed by atoms with Gasteiger partial charge in [-0.05, 0) is 37.8 Å². The van der Waals surface area contributed by atoms with Crippen LogP contribution in [-0.2, 0) is 0 Å². The van der Waals surface area contributed by atoms with Crippen molar-refractivity contribution in [3.63, 3.8) is 0 Å². The van der Waals surface area contributed by atoms with Gasteiger partial charge in [-0.25, -0.2) is 0 Å².